The Morgan fingerprint density at radius 1 is 0.893 bits per heavy atom. The molecule has 1 atom stereocenters. The molecule has 28 heavy (non-hydrogen) atoms. The van der Waals surface area contributed by atoms with Crippen LogP contribution in [0.4, 0.5) is 0 Å². The summed E-state index contributed by atoms with van der Waals surface area (Å²) in [5, 5.41) is 0. The van der Waals surface area contributed by atoms with Crippen LogP contribution in [0.5, 0.6) is 0 Å². The summed E-state index contributed by atoms with van der Waals surface area (Å²) in [7, 11) is -2.24. The molecule has 0 radical (unpaired) electrons. The SMILES string of the molecule is Cc1cc(C(C)(C)C)cc(C)c1C(=O)[PH](=O)CCCCCCc1ccccc1. The number of benzene rings is 2. The monoisotopic (exact) mass is 398 g/mol. The Morgan fingerprint density at radius 2 is 1.46 bits per heavy atom. The predicted octanol–water partition coefficient (Wildman–Crippen LogP) is 7.10. The highest BCUT2D eigenvalue weighted by atomic mass is 31.1. The summed E-state index contributed by atoms with van der Waals surface area (Å²) in [4.78, 5) is 12.8. The third-order valence-corrected chi connectivity index (χ3v) is 6.91. The molecule has 2 nitrogen and oxygen atoms in total. The van der Waals surface area contributed by atoms with E-state index in [4.69, 9.17) is 0 Å². The number of carbonyl (C=O) groups is 1. The zero-order valence-electron chi connectivity index (χ0n) is 18.1. The van der Waals surface area contributed by atoms with Crippen LogP contribution in [0.3, 0.4) is 0 Å². The summed E-state index contributed by atoms with van der Waals surface area (Å²) in [5.41, 5.74) is 5.09. The van der Waals surface area contributed by atoms with Gasteiger partial charge in [-0.25, -0.2) is 0 Å². The molecule has 0 aromatic heterocycles. The van der Waals surface area contributed by atoms with E-state index in [1.54, 1.807) is 0 Å². The van der Waals surface area contributed by atoms with Gasteiger partial charge in [0, 0.05) is 11.7 Å². The fourth-order valence-electron chi connectivity index (χ4n) is 3.62. The van der Waals surface area contributed by atoms with Crippen molar-refractivity contribution >= 4 is 13.3 Å². The Balaban J connectivity index is 1.83. The number of rotatable bonds is 9. The Morgan fingerprint density at radius 3 is 2.04 bits per heavy atom. The predicted molar refractivity (Wildman–Crippen MR) is 121 cm³/mol. The number of hydrogen-bond donors (Lipinski definition) is 0. The molecule has 0 heterocycles. The van der Waals surface area contributed by atoms with Crippen molar-refractivity contribution in [2.24, 2.45) is 0 Å². The summed E-state index contributed by atoms with van der Waals surface area (Å²) in [6.07, 6.45) is 5.80. The van der Waals surface area contributed by atoms with Gasteiger partial charge in [0.05, 0.1) is 0 Å². The maximum absolute atomic E-state index is 12.8. The van der Waals surface area contributed by atoms with E-state index in [2.05, 4.69) is 57.2 Å². The molecule has 0 aliphatic heterocycles. The van der Waals surface area contributed by atoms with Crippen molar-refractivity contribution in [3.05, 3.63) is 70.3 Å². The minimum absolute atomic E-state index is 0.0437. The van der Waals surface area contributed by atoms with Crippen molar-refractivity contribution in [2.75, 3.05) is 6.16 Å². The van der Waals surface area contributed by atoms with Crippen molar-refractivity contribution in [2.45, 2.75) is 72.1 Å². The summed E-state index contributed by atoms with van der Waals surface area (Å²) < 4.78 is 12.6. The first kappa shape index (κ1) is 22.6. The molecule has 0 aliphatic rings. The number of aryl methyl sites for hydroxylation is 3. The molecule has 0 amide bonds. The van der Waals surface area contributed by atoms with Gasteiger partial charge in [-0.2, -0.15) is 0 Å². The van der Waals surface area contributed by atoms with E-state index in [0.717, 1.165) is 43.2 Å². The fraction of sp³-hybridized carbons (Fsp3) is 0.480. The standard InChI is InChI=1S/C25H35O2P/c1-19-17-22(25(3,4)5)18-20(2)23(19)24(26)28(27)16-12-7-6-9-13-21-14-10-8-11-15-21/h8,10-11,14-15,17-18,28H,6-7,9,12-13,16H2,1-5H3. The molecule has 2 aromatic carbocycles. The molecule has 0 N–H and O–H groups in total. The lowest BCUT2D eigenvalue weighted by Gasteiger charge is -2.22. The Labute approximate surface area is 171 Å². The topological polar surface area (TPSA) is 34.1 Å². The van der Waals surface area contributed by atoms with Crippen LogP contribution in [0, 0.1) is 13.8 Å². The van der Waals surface area contributed by atoms with Crippen LogP contribution in [0.2, 0.25) is 0 Å². The van der Waals surface area contributed by atoms with Crippen molar-refractivity contribution in [1.82, 2.24) is 0 Å². The lowest BCUT2D eigenvalue weighted by Crippen LogP contribution is -2.13. The second-order valence-corrected chi connectivity index (χ2v) is 10.7. The zero-order chi connectivity index (χ0) is 20.7. The Kier molecular flexibility index (Phi) is 8.25. The summed E-state index contributed by atoms with van der Waals surface area (Å²) in [6, 6.07) is 14.7. The van der Waals surface area contributed by atoms with Crippen molar-refractivity contribution < 1.29 is 9.36 Å². The largest absolute Gasteiger partial charge is 0.318 e. The van der Waals surface area contributed by atoms with Gasteiger partial charge in [-0.3, -0.25) is 4.79 Å². The van der Waals surface area contributed by atoms with Gasteiger partial charge < -0.3 is 4.57 Å². The molecule has 0 saturated carbocycles. The highest BCUT2D eigenvalue weighted by molar-refractivity contribution is 7.64. The van der Waals surface area contributed by atoms with Gasteiger partial charge in [-0.15, -0.1) is 0 Å². The first-order valence-electron chi connectivity index (χ1n) is 10.4. The van der Waals surface area contributed by atoms with Gasteiger partial charge >= 0.3 is 0 Å². The lowest BCUT2D eigenvalue weighted by atomic mass is 9.84. The minimum Gasteiger partial charge on any atom is -0.318 e. The van der Waals surface area contributed by atoms with Crippen LogP contribution in [-0.4, -0.2) is 11.7 Å². The molecular weight excluding hydrogens is 363 g/mol. The zero-order valence-corrected chi connectivity index (χ0v) is 19.1. The van der Waals surface area contributed by atoms with E-state index in [1.165, 1.54) is 11.1 Å². The summed E-state index contributed by atoms with van der Waals surface area (Å²) in [5.74, 6) is 0. The van der Waals surface area contributed by atoms with E-state index in [9.17, 15) is 9.36 Å². The van der Waals surface area contributed by atoms with Crippen LogP contribution >= 0.6 is 7.80 Å². The molecule has 152 valence electrons. The van der Waals surface area contributed by atoms with Gasteiger partial charge in [0.1, 0.15) is 7.80 Å². The maximum atomic E-state index is 12.8. The second kappa shape index (κ2) is 10.2. The molecule has 1 unspecified atom stereocenters. The van der Waals surface area contributed by atoms with Crippen LogP contribution in [0.1, 0.15) is 79.1 Å². The van der Waals surface area contributed by atoms with Crippen LogP contribution < -0.4 is 0 Å². The number of carbonyl (C=O) groups excluding carboxylic acids is 1. The summed E-state index contributed by atoms with van der Waals surface area (Å²) >= 11 is 0. The molecule has 0 saturated heterocycles. The van der Waals surface area contributed by atoms with Crippen LogP contribution in [-0.2, 0) is 16.4 Å². The highest BCUT2D eigenvalue weighted by Crippen LogP contribution is 2.34. The van der Waals surface area contributed by atoms with Crippen molar-refractivity contribution in [3.8, 4) is 0 Å². The van der Waals surface area contributed by atoms with Crippen molar-refractivity contribution in [3.63, 3.8) is 0 Å². The smallest absolute Gasteiger partial charge is 0.219 e. The lowest BCUT2D eigenvalue weighted by molar-refractivity contribution is 0.107. The van der Waals surface area contributed by atoms with Gasteiger partial charge in [0.25, 0.3) is 0 Å². The number of hydrogen-bond acceptors (Lipinski definition) is 2. The van der Waals surface area contributed by atoms with E-state index >= 15 is 0 Å². The van der Waals surface area contributed by atoms with Crippen molar-refractivity contribution in [1.29, 1.82) is 0 Å². The van der Waals surface area contributed by atoms with E-state index < -0.39 is 7.80 Å². The average Bonchev–Trinajstić information content (AvgIpc) is 2.63. The first-order valence-corrected chi connectivity index (χ1v) is 12.0. The molecule has 2 rings (SSSR count). The molecule has 0 aliphatic carbocycles. The quantitative estimate of drug-likeness (QED) is 0.333. The fourth-order valence-corrected chi connectivity index (χ4v) is 5.09. The Bertz CT molecular complexity index is 793. The maximum Gasteiger partial charge on any atom is 0.219 e. The van der Waals surface area contributed by atoms with Gasteiger partial charge in [-0.1, -0.05) is 76.1 Å². The molecular formula is C25H35O2P. The van der Waals surface area contributed by atoms with Crippen LogP contribution in [0.25, 0.3) is 0 Å². The first-order chi connectivity index (χ1) is 13.2. The molecule has 0 spiro atoms. The van der Waals surface area contributed by atoms with E-state index in [1.807, 2.05) is 19.9 Å². The van der Waals surface area contributed by atoms with Crippen LogP contribution in [0.15, 0.2) is 42.5 Å². The van der Waals surface area contributed by atoms with E-state index in [0.29, 0.717) is 11.7 Å². The highest BCUT2D eigenvalue weighted by Gasteiger charge is 2.22. The normalized spacial score (nSPS) is 12.8. The third-order valence-electron chi connectivity index (χ3n) is 5.34. The van der Waals surface area contributed by atoms with Gasteiger partial charge in [0.2, 0.25) is 5.52 Å². The Hall–Kier alpha value is -1.66. The molecule has 3 heteroatoms. The second-order valence-electron chi connectivity index (χ2n) is 8.89. The molecule has 0 bridgehead atoms. The summed E-state index contributed by atoms with van der Waals surface area (Å²) in [6.45, 7) is 10.4. The van der Waals surface area contributed by atoms with Gasteiger partial charge in [-0.05, 0) is 60.8 Å². The van der Waals surface area contributed by atoms with Gasteiger partial charge in [0.15, 0.2) is 0 Å². The minimum atomic E-state index is -2.24. The van der Waals surface area contributed by atoms with E-state index in [-0.39, 0.29) is 10.9 Å². The molecule has 2 aromatic rings. The molecule has 0 fully saturated rings. The third kappa shape index (κ3) is 6.45. The average molecular weight is 399 g/mol. The number of unbranched alkanes of at least 4 members (excludes halogenated alkanes) is 3.